The minimum Gasteiger partial charge on any atom is -0.478 e. The molecule has 3 nitrogen and oxygen atoms in total. The Balaban J connectivity index is 2.84. The highest BCUT2D eigenvalue weighted by Gasteiger charge is 2.07. The first-order valence-electron chi connectivity index (χ1n) is 4.84. The molecule has 0 aliphatic rings. The standard InChI is InChI=1S/C11H15NO2S/c1-7(2)6-15-10-5-9(11(13)14)4-8(3)12-10/h4-5,7H,6H2,1-3H3,(H,13,14). The zero-order chi connectivity index (χ0) is 11.4. The Kier molecular flexibility index (Phi) is 4.15. The number of pyridine rings is 1. The van der Waals surface area contributed by atoms with Gasteiger partial charge in [-0.25, -0.2) is 9.78 Å². The van der Waals surface area contributed by atoms with E-state index in [1.165, 1.54) is 0 Å². The number of rotatable bonds is 4. The van der Waals surface area contributed by atoms with Crippen molar-refractivity contribution in [2.45, 2.75) is 25.8 Å². The van der Waals surface area contributed by atoms with E-state index in [9.17, 15) is 4.79 Å². The minimum atomic E-state index is -0.896. The van der Waals surface area contributed by atoms with E-state index in [4.69, 9.17) is 5.11 Å². The highest BCUT2D eigenvalue weighted by Crippen LogP contribution is 2.20. The quantitative estimate of drug-likeness (QED) is 0.800. The second kappa shape index (κ2) is 5.16. The number of carbonyl (C=O) groups is 1. The van der Waals surface area contributed by atoms with Crippen molar-refractivity contribution < 1.29 is 9.90 Å². The van der Waals surface area contributed by atoms with Gasteiger partial charge in [-0.15, -0.1) is 11.8 Å². The summed E-state index contributed by atoms with van der Waals surface area (Å²) in [7, 11) is 0. The number of aromatic carboxylic acids is 1. The summed E-state index contributed by atoms with van der Waals surface area (Å²) in [6.45, 7) is 6.06. The molecule has 4 heteroatoms. The first-order chi connectivity index (χ1) is 6.99. The van der Waals surface area contributed by atoms with Crippen molar-refractivity contribution in [2.24, 2.45) is 5.92 Å². The topological polar surface area (TPSA) is 50.2 Å². The van der Waals surface area contributed by atoms with Crippen LogP contribution in [0.5, 0.6) is 0 Å². The Morgan fingerprint density at radius 3 is 2.73 bits per heavy atom. The summed E-state index contributed by atoms with van der Waals surface area (Å²) in [5.41, 5.74) is 1.06. The molecule has 0 amide bonds. The second-order valence-electron chi connectivity index (χ2n) is 3.85. The molecule has 0 fully saturated rings. The fourth-order valence-corrected chi connectivity index (χ4v) is 2.01. The van der Waals surface area contributed by atoms with Crippen LogP contribution in [0.3, 0.4) is 0 Å². The van der Waals surface area contributed by atoms with Gasteiger partial charge in [-0.05, 0) is 25.0 Å². The van der Waals surface area contributed by atoms with Gasteiger partial charge in [0.25, 0.3) is 0 Å². The molecule has 1 N–H and O–H groups in total. The summed E-state index contributed by atoms with van der Waals surface area (Å²) >= 11 is 1.60. The van der Waals surface area contributed by atoms with E-state index in [1.807, 2.05) is 6.92 Å². The number of hydrogen-bond donors (Lipinski definition) is 1. The normalized spacial score (nSPS) is 10.7. The second-order valence-corrected chi connectivity index (χ2v) is 4.89. The van der Waals surface area contributed by atoms with Gasteiger partial charge in [0, 0.05) is 11.4 Å². The molecule has 1 heterocycles. The van der Waals surface area contributed by atoms with Crippen molar-refractivity contribution in [3.63, 3.8) is 0 Å². The van der Waals surface area contributed by atoms with Crippen molar-refractivity contribution in [3.8, 4) is 0 Å². The molecular weight excluding hydrogens is 210 g/mol. The molecule has 0 bridgehead atoms. The van der Waals surface area contributed by atoms with Gasteiger partial charge in [-0.3, -0.25) is 0 Å². The predicted octanol–water partition coefficient (Wildman–Crippen LogP) is 2.84. The molecule has 0 spiro atoms. The van der Waals surface area contributed by atoms with Crippen LogP contribution in [0, 0.1) is 12.8 Å². The van der Waals surface area contributed by atoms with Gasteiger partial charge in [0.1, 0.15) is 0 Å². The van der Waals surface area contributed by atoms with Crippen molar-refractivity contribution in [1.29, 1.82) is 0 Å². The Hall–Kier alpha value is -1.03. The molecule has 1 aromatic heterocycles. The van der Waals surface area contributed by atoms with Crippen LogP contribution in [0.2, 0.25) is 0 Å². The molecule has 0 unspecified atom stereocenters. The number of thioether (sulfide) groups is 1. The summed E-state index contributed by atoms with van der Waals surface area (Å²) in [6, 6.07) is 3.21. The Morgan fingerprint density at radius 1 is 1.53 bits per heavy atom. The summed E-state index contributed by atoms with van der Waals surface area (Å²) in [6.07, 6.45) is 0. The van der Waals surface area contributed by atoms with Crippen molar-refractivity contribution >= 4 is 17.7 Å². The molecule has 0 radical (unpaired) electrons. The predicted molar refractivity (Wildman–Crippen MR) is 61.5 cm³/mol. The Morgan fingerprint density at radius 2 is 2.20 bits per heavy atom. The van der Waals surface area contributed by atoms with Gasteiger partial charge in [0.15, 0.2) is 0 Å². The number of aromatic nitrogens is 1. The number of nitrogens with zero attached hydrogens (tertiary/aromatic N) is 1. The molecule has 1 aromatic rings. The van der Waals surface area contributed by atoms with Crippen LogP contribution in [-0.2, 0) is 0 Å². The molecular formula is C11H15NO2S. The van der Waals surface area contributed by atoms with Gasteiger partial charge < -0.3 is 5.11 Å². The largest absolute Gasteiger partial charge is 0.478 e. The van der Waals surface area contributed by atoms with E-state index in [2.05, 4.69) is 18.8 Å². The van der Waals surface area contributed by atoms with Crippen LogP contribution >= 0.6 is 11.8 Å². The molecule has 0 atom stereocenters. The van der Waals surface area contributed by atoms with E-state index in [0.29, 0.717) is 11.5 Å². The molecule has 0 aromatic carbocycles. The van der Waals surface area contributed by atoms with E-state index < -0.39 is 5.97 Å². The summed E-state index contributed by atoms with van der Waals surface area (Å²) in [5.74, 6) is 0.632. The maximum Gasteiger partial charge on any atom is 0.335 e. The molecule has 0 saturated heterocycles. The van der Waals surface area contributed by atoms with Crippen LogP contribution in [0.4, 0.5) is 0 Å². The first-order valence-corrected chi connectivity index (χ1v) is 5.82. The van der Waals surface area contributed by atoms with Crippen LogP contribution in [0.25, 0.3) is 0 Å². The fourth-order valence-electron chi connectivity index (χ4n) is 1.09. The van der Waals surface area contributed by atoms with E-state index >= 15 is 0 Å². The number of carboxylic acids is 1. The highest BCUT2D eigenvalue weighted by atomic mass is 32.2. The van der Waals surface area contributed by atoms with Crippen molar-refractivity contribution in [1.82, 2.24) is 4.98 Å². The van der Waals surface area contributed by atoms with Crippen molar-refractivity contribution in [3.05, 3.63) is 23.4 Å². The lowest BCUT2D eigenvalue weighted by molar-refractivity contribution is 0.0696. The smallest absolute Gasteiger partial charge is 0.335 e. The lowest BCUT2D eigenvalue weighted by Gasteiger charge is -2.05. The third-order valence-corrected chi connectivity index (χ3v) is 3.08. The van der Waals surface area contributed by atoms with Gasteiger partial charge in [-0.1, -0.05) is 13.8 Å². The van der Waals surface area contributed by atoms with E-state index in [1.54, 1.807) is 23.9 Å². The number of carboxylic acid groups (broad SMARTS) is 1. The minimum absolute atomic E-state index is 0.314. The molecule has 0 aliphatic heterocycles. The summed E-state index contributed by atoms with van der Waals surface area (Å²) < 4.78 is 0. The molecule has 82 valence electrons. The number of aryl methyl sites for hydroxylation is 1. The molecule has 0 saturated carbocycles. The third-order valence-electron chi connectivity index (χ3n) is 1.74. The fraction of sp³-hybridized carbons (Fsp3) is 0.455. The van der Waals surface area contributed by atoms with Gasteiger partial charge in [-0.2, -0.15) is 0 Å². The zero-order valence-electron chi connectivity index (χ0n) is 9.15. The van der Waals surface area contributed by atoms with E-state index in [0.717, 1.165) is 16.5 Å². The summed E-state index contributed by atoms with van der Waals surface area (Å²) in [4.78, 5) is 15.1. The van der Waals surface area contributed by atoms with Crippen LogP contribution in [0.1, 0.15) is 29.9 Å². The van der Waals surface area contributed by atoms with Crippen molar-refractivity contribution in [2.75, 3.05) is 5.75 Å². The molecule has 0 aliphatic carbocycles. The van der Waals surface area contributed by atoms with Crippen LogP contribution in [-0.4, -0.2) is 21.8 Å². The first kappa shape index (κ1) is 12.0. The SMILES string of the molecule is Cc1cc(C(=O)O)cc(SCC(C)C)n1. The van der Waals surface area contributed by atoms with Gasteiger partial charge in [0.2, 0.25) is 0 Å². The maximum absolute atomic E-state index is 10.8. The molecule has 15 heavy (non-hydrogen) atoms. The van der Waals surface area contributed by atoms with Gasteiger partial charge >= 0.3 is 5.97 Å². The lowest BCUT2D eigenvalue weighted by atomic mass is 10.2. The highest BCUT2D eigenvalue weighted by molar-refractivity contribution is 7.99. The zero-order valence-corrected chi connectivity index (χ0v) is 9.97. The average Bonchev–Trinajstić information content (AvgIpc) is 2.13. The average molecular weight is 225 g/mol. The Labute approximate surface area is 93.9 Å². The maximum atomic E-state index is 10.8. The summed E-state index contributed by atoms with van der Waals surface area (Å²) in [5, 5.41) is 9.67. The van der Waals surface area contributed by atoms with Crippen LogP contribution < -0.4 is 0 Å². The van der Waals surface area contributed by atoms with Crippen LogP contribution in [0.15, 0.2) is 17.2 Å². The number of hydrogen-bond acceptors (Lipinski definition) is 3. The van der Waals surface area contributed by atoms with Gasteiger partial charge in [0.05, 0.1) is 10.6 Å². The monoisotopic (exact) mass is 225 g/mol. The molecule has 1 rings (SSSR count). The third kappa shape index (κ3) is 3.91. The Bertz CT molecular complexity index is 364. The lowest BCUT2D eigenvalue weighted by Crippen LogP contribution is -2.00. The van der Waals surface area contributed by atoms with E-state index in [-0.39, 0.29) is 0 Å².